The smallest absolute Gasteiger partial charge is 0.339 e. The molecule has 0 atom stereocenters. The number of hydrogen-bond donors (Lipinski definition) is 0. The van der Waals surface area contributed by atoms with Gasteiger partial charge >= 0.3 is 5.97 Å². The number of rotatable bonds is 3. The molecule has 0 spiro atoms. The fourth-order valence-electron chi connectivity index (χ4n) is 1.41. The van der Waals surface area contributed by atoms with Gasteiger partial charge in [-0.05, 0) is 18.1 Å². The van der Waals surface area contributed by atoms with Crippen molar-refractivity contribution < 1.29 is 17.9 Å². The zero-order valence-corrected chi connectivity index (χ0v) is 10.4. The number of benzene rings is 1. The van der Waals surface area contributed by atoms with Gasteiger partial charge in [0, 0.05) is 10.7 Å². The van der Waals surface area contributed by atoms with Crippen molar-refractivity contribution in [1.29, 1.82) is 0 Å². The van der Waals surface area contributed by atoms with Crippen molar-refractivity contribution in [3.05, 3.63) is 29.3 Å². The summed E-state index contributed by atoms with van der Waals surface area (Å²) in [5, 5.41) is 0. The van der Waals surface area contributed by atoms with Crippen molar-refractivity contribution in [1.82, 2.24) is 0 Å². The van der Waals surface area contributed by atoms with Crippen LogP contribution in [0.25, 0.3) is 0 Å². The predicted octanol–water partition coefficient (Wildman–Crippen LogP) is 1.96. The van der Waals surface area contributed by atoms with Gasteiger partial charge in [-0.3, -0.25) is 0 Å². The van der Waals surface area contributed by atoms with Gasteiger partial charge in [-0.15, -0.1) is 0 Å². The van der Waals surface area contributed by atoms with E-state index in [9.17, 15) is 13.2 Å². The molecule has 0 fully saturated rings. The highest BCUT2D eigenvalue weighted by molar-refractivity contribution is 8.13. The van der Waals surface area contributed by atoms with Gasteiger partial charge in [0.25, 0.3) is 9.05 Å². The molecule has 16 heavy (non-hydrogen) atoms. The fourth-order valence-corrected chi connectivity index (χ4v) is 2.49. The molecule has 6 heteroatoms. The van der Waals surface area contributed by atoms with Crippen LogP contribution in [0, 0.1) is 0 Å². The Hall–Kier alpha value is -1.07. The van der Waals surface area contributed by atoms with Crippen molar-refractivity contribution in [2.24, 2.45) is 0 Å². The van der Waals surface area contributed by atoms with E-state index in [-0.39, 0.29) is 10.5 Å². The van der Waals surface area contributed by atoms with Crippen molar-refractivity contribution in [2.75, 3.05) is 7.11 Å². The first-order chi connectivity index (χ1) is 7.41. The molecule has 0 amide bonds. The molecule has 0 saturated carbocycles. The third-order valence-electron chi connectivity index (χ3n) is 2.15. The number of methoxy groups -OCH3 is 1. The molecule has 0 radical (unpaired) electrons. The van der Waals surface area contributed by atoms with Crippen LogP contribution < -0.4 is 0 Å². The van der Waals surface area contributed by atoms with Gasteiger partial charge in [0.2, 0.25) is 0 Å². The lowest BCUT2D eigenvalue weighted by molar-refractivity contribution is 0.0595. The summed E-state index contributed by atoms with van der Waals surface area (Å²) in [5.74, 6) is -0.698. The summed E-state index contributed by atoms with van der Waals surface area (Å²) in [6, 6.07) is 4.49. The molecule has 0 aromatic heterocycles. The second-order valence-corrected chi connectivity index (χ2v) is 5.61. The Morgan fingerprint density at radius 2 is 2.06 bits per heavy atom. The lowest BCUT2D eigenvalue weighted by Gasteiger charge is -2.09. The SMILES string of the molecule is CCc1cccc(S(=O)(=O)Cl)c1C(=O)OC. The molecule has 0 aliphatic rings. The van der Waals surface area contributed by atoms with Crippen LogP contribution in [0.3, 0.4) is 0 Å². The van der Waals surface area contributed by atoms with Crippen LogP contribution >= 0.6 is 10.7 Å². The van der Waals surface area contributed by atoms with E-state index in [4.69, 9.17) is 10.7 Å². The Morgan fingerprint density at radius 3 is 2.50 bits per heavy atom. The summed E-state index contributed by atoms with van der Waals surface area (Å²) in [4.78, 5) is 11.3. The molecule has 0 heterocycles. The number of aryl methyl sites for hydroxylation is 1. The molecule has 0 saturated heterocycles. The number of esters is 1. The third kappa shape index (κ3) is 2.54. The molecule has 1 rings (SSSR count). The van der Waals surface area contributed by atoms with Crippen LogP contribution in [0.4, 0.5) is 0 Å². The Labute approximate surface area is 98.6 Å². The van der Waals surface area contributed by atoms with Crippen LogP contribution in [-0.4, -0.2) is 21.5 Å². The molecular formula is C10H11ClO4S. The zero-order valence-electron chi connectivity index (χ0n) is 8.86. The Kier molecular flexibility index (Phi) is 3.93. The first-order valence-electron chi connectivity index (χ1n) is 4.56. The summed E-state index contributed by atoms with van der Waals surface area (Å²) in [6.07, 6.45) is 0.519. The van der Waals surface area contributed by atoms with Crippen LogP contribution in [0.15, 0.2) is 23.1 Å². The lowest BCUT2D eigenvalue weighted by Crippen LogP contribution is -2.10. The van der Waals surface area contributed by atoms with Gasteiger partial charge in [0.1, 0.15) is 0 Å². The standard InChI is InChI=1S/C10H11ClO4S/c1-3-7-5-4-6-8(16(11,13)14)9(7)10(12)15-2/h4-6H,3H2,1-2H3. The van der Waals surface area contributed by atoms with Gasteiger partial charge in [0.05, 0.1) is 17.6 Å². The molecular weight excluding hydrogens is 252 g/mol. The number of hydrogen-bond acceptors (Lipinski definition) is 4. The average Bonchev–Trinajstić information content (AvgIpc) is 2.25. The Bertz CT molecular complexity index is 508. The first kappa shape index (κ1) is 13.0. The van der Waals surface area contributed by atoms with E-state index in [0.29, 0.717) is 12.0 Å². The quantitative estimate of drug-likeness (QED) is 0.617. The minimum Gasteiger partial charge on any atom is -0.465 e. The van der Waals surface area contributed by atoms with E-state index in [1.807, 2.05) is 6.92 Å². The fraction of sp³-hybridized carbons (Fsp3) is 0.300. The van der Waals surface area contributed by atoms with Gasteiger partial charge in [-0.2, -0.15) is 0 Å². The lowest BCUT2D eigenvalue weighted by atomic mass is 10.1. The summed E-state index contributed by atoms with van der Waals surface area (Å²) in [5.41, 5.74) is 0.607. The summed E-state index contributed by atoms with van der Waals surface area (Å²) in [6.45, 7) is 1.81. The molecule has 0 bridgehead atoms. The Balaban J connectivity index is 3.57. The van der Waals surface area contributed by atoms with Gasteiger partial charge in [0.15, 0.2) is 0 Å². The minimum atomic E-state index is -3.95. The summed E-state index contributed by atoms with van der Waals surface area (Å²) < 4.78 is 27.2. The van der Waals surface area contributed by atoms with Crippen molar-refractivity contribution in [3.63, 3.8) is 0 Å². The molecule has 0 unspecified atom stereocenters. The van der Waals surface area contributed by atoms with Gasteiger partial charge in [-0.1, -0.05) is 19.1 Å². The number of halogens is 1. The maximum absolute atomic E-state index is 11.5. The summed E-state index contributed by atoms with van der Waals surface area (Å²) >= 11 is 0. The number of carbonyl (C=O) groups is 1. The van der Waals surface area contributed by atoms with Gasteiger partial charge < -0.3 is 4.74 Å². The number of ether oxygens (including phenoxy) is 1. The van der Waals surface area contributed by atoms with E-state index >= 15 is 0 Å². The monoisotopic (exact) mass is 262 g/mol. The minimum absolute atomic E-state index is 0.0162. The Morgan fingerprint density at radius 1 is 1.44 bits per heavy atom. The maximum atomic E-state index is 11.5. The van der Waals surface area contributed by atoms with E-state index in [1.165, 1.54) is 13.2 Å². The van der Waals surface area contributed by atoms with Crippen molar-refractivity contribution in [2.45, 2.75) is 18.2 Å². The second kappa shape index (κ2) is 4.84. The molecule has 1 aromatic carbocycles. The van der Waals surface area contributed by atoms with E-state index in [2.05, 4.69) is 4.74 Å². The first-order valence-corrected chi connectivity index (χ1v) is 6.87. The maximum Gasteiger partial charge on any atom is 0.339 e. The summed E-state index contributed by atoms with van der Waals surface area (Å²) in [7, 11) is 2.50. The van der Waals surface area contributed by atoms with Crippen LogP contribution in [0.2, 0.25) is 0 Å². The largest absolute Gasteiger partial charge is 0.465 e. The second-order valence-electron chi connectivity index (χ2n) is 3.07. The molecule has 1 aromatic rings. The molecule has 88 valence electrons. The van der Waals surface area contributed by atoms with Gasteiger partial charge in [-0.25, -0.2) is 13.2 Å². The molecule has 0 N–H and O–H groups in total. The van der Waals surface area contributed by atoms with E-state index in [0.717, 1.165) is 0 Å². The van der Waals surface area contributed by atoms with Crippen LogP contribution in [0.1, 0.15) is 22.8 Å². The topological polar surface area (TPSA) is 60.4 Å². The zero-order chi connectivity index (χ0) is 12.3. The highest BCUT2D eigenvalue weighted by Crippen LogP contribution is 2.24. The normalized spacial score (nSPS) is 11.2. The number of carbonyl (C=O) groups excluding carboxylic acids is 1. The van der Waals surface area contributed by atoms with Crippen LogP contribution in [0.5, 0.6) is 0 Å². The highest BCUT2D eigenvalue weighted by atomic mass is 35.7. The van der Waals surface area contributed by atoms with E-state index in [1.54, 1.807) is 12.1 Å². The predicted molar refractivity (Wildman–Crippen MR) is 60.2 cm³/mol. The highest BCUT2D eigenvalue weighted by Gasteiger charge is 2.23. The van der Waals surface area contributed by atoms with Crippen molar-refractivity contribution in [3.8, 4) is 0 Å². The molecule has 4 nitrogen and oxygen atoms in total. The average molecular weight is 263 g/mol. The molecule has 0 aliphatic heterocycles. The van der Waals surface area contributed by atoms with E-state index < -0.39 is 15.0 Å². The van der Waals surface area contributed by atoms with Crippen LogP contribution in [-0.2, 0) is 20.2 Å². The third-order valence-corrected chi connectivity index (χ3v) is 3.51. The van der Waals surface area contributed by atoms with Crippen molar-refractivity contribution >= 4 is 25.7 Å². The molecule has 0 aliphatic carbocycles.